The number of halogens is 2. The molecule has 4 rings (SSSR count). The summed E-state index contributed by atoms with van der Waals surface area (Å²) in [4.78, 5) is 19.2. The van der Waals surface area contributed by atoms with Crippen molar-refractivity contribution in [1.29, 1.82) is 0 Å². The van der Waals surface area contributed by atoms with Crippen molar-refractivity contribution < 1.29 is 8.81 Å². The SMILES string of the molecule is N[C@@H](CNc1ncc(-c2ccc3[nH]c(=O)oc3c2)s1)Cc1ccc(Cl)c(F)c1. The second-order valence-electron chi connectivity index (χ2n) is 6.35. The van der Waals surface area contributed by atoms with E-state index in [1.165, 1.54) is 23.5 Å². The Morgan fingerprint density at radius 2 is 2.18 bits per heavy atom. The number of hydrogen-bond donors (Lipinski definition) is 3. The number of benzene rings is 2. The Labute approximate surface area is 168 Å². The van der Waals surface area contributed by atoms with Gasteiger partial charge in [-0.2, -0.15) is 0 Å². The summed E-state index contributed by atoms with van der Waals surface area (Å²) in [5.74, 6) is -0.924. The third-order valence-electron chi connectivity index (χ3n) is 4.21. The lowest BCUT2D eigenvalue weighted by molar-refractivity contribution is 0.555. The van der Waals surface area contributed by atoms with E-state index in [1.54, 1.807) is 24.4 Å². The molecule has 0 spiro atoms. The zero-order valence-corrected chi connectivity index (χ0v) is 16.1. The molecule has 2 aromatic heterocycles. The highest BCUT2D eigenvalue weighted by Gasteiger charge is 2.10. The number of thiazole rings is 1. The van der Waals surface area contributed by atoms with Gasteiger partial charge in [0.15, 0.2) is 10.7 Å². The fourth-order valence-corrected chi connectivity index (χ4v) is 3.78. The third kappa shape index (κ3) is 4.09. The van der Waals surface area contributed by atoms with Gasteiger partial charge in [-0.1, -0.05) is 35.1 Å². The van der Waals surface area contributed by atoms with E-state index >= 15 is 0 Å². The molecule has 0 saturated heterocycles. The predicted molar refractivity (Wildman–Crippen MR) is 110 cm³/mol. The average molecular weight is 419 g/mol. The lowest BCUT2D eigenvalue weighted by atomic mass is 10.1. The molecule has 1 atom stereocenters. The van der Waals surface area contributed by atoms with Gasteiger partial charge in [0.25, 0.3) is 0 Å². The van der Waals surface area contributed by atoms with Crippen LogP contribution in [-0.2, 0) is 6.42 Å². The maximum absolute atomic E-state index is 13.5. The molecule has 4 aromatic rings. The van der Waals surface area contributed by atoms with Crippen molar-refractivity contribution in [1.82, 2.24) is 9.97 Å². The number of H-pyrrole nitrogens is 1. The molecular formula is C19H16ClFN4O2S. The quantitative estimate of drug-likeness (QED) is 0.439. The number of oxazole rings is 1. The van der Waals surface area contributed by atoms with E-state index in [2.05, 4.69) is 15.3 Å². The van der Waals surface area contributed by atoms with Crippen LogP contribution in [0.1, 0.15) is 5.56 Å². The molecule has 0 fully saturated rings. The molecule has 4 N–H and O–H groups in total. The van der Waals surface area contributed by atoms with Gasteiger partial charge in [0.2, 0.25) is 0 Å². The molecule has 9 heteroatoms. The number of rotatable bonds is 6. The van der Waals surface area contributed by atoms with Gasteiger partial charge in [-0.05, 0) is 41.8 Å². The van der Waals surface area contributed by atoms with E-state index in [1.807, 2.05) is 6.07 Å². The molecule has 0 aliphatic heterocycles. The molecule has 28 heavy (non-hydrogen) atoms. The summed E-state index contributed by atoms with van der Waals surface area (Å²) in [6.45, 7) is 0.489. The molecule has 2 heterocycles. The van der Waals surface area contributed by atoms with Crippen molar-refractivity contribution in [3.8, 4) is 10.4 Å². The van der Waals surface area contributed by atoms with Gasteiger partial charge in [-0.3, -0.25) is 4.98 Å². The summed E-state index contributed by atoms with van der Waals surface area (Å²) in [6.07, 6.45) is 2.27. The van der Waals surface area contributed by atoms with E-state index in [-0.39, 0.29) is 11.1 Å². The number of nitrogens with zero attached hydrogens (tertiary/aromatic N) is 1. The smallest absolute Gasteiger partial charge is 0.408 e. The maximum Gasteiger partial charge on any atom is 0.417 e. The van der Waals surface area contributed by atoms with Crippen LogP contribution >= 0.6 is 22.9 Å². The number of nitrogens with two attached hydrogens (primary N) is 1. The molecule has 0 aliphatic rings. The lowest BCUT2D eigenvalue weighted by Gasteiger charge is -2.12. The lowest BCUT2D eigenvalue weighted by Crippen LogP contribution is -2.31. The van der Waals surface area contributed by atoms with E-state index in [0.29, 0.717) is 24.1 Å². The van der Waals surface area contributed by atoms with E-state index in [9.17, 15) is 9.18 Å². The zero-order valence-electron chi connectivity index (χ0n) is 14.5. The van der Waals surface area contributed by atoms with E-state index in [0.717, 1.165) is 21.1 Å². The van der Waals surface area contributed by atoms with Crippen LogP contribution in [0, 0.1) is 5.82 Å². The zero-order chi connectivity index (χ0) is 19.7. The summed E-state index contributed by atoms with van der Waals surface area (Å²) < 4.78 is 18.6. The van der Waals surface area contributed by atoms with Crippen LogP contribution in [0.2, 0.25) is 5.02 Å². The molecule has 6 nitrogen and oxygen atoms in total. The Bertz CT molecular complexity index is 1190. The number of fused-ring (bicyclic) bond motifs is 1. The van der Waals surface area contributed by atoms with Crippen molar-refractivity contribution in [2.24, 2.45) is 5.73 Å². The van der Waals surface area contributed by atoms with Crippen molar-refractivity contribution in [3.05, 3.63) is 69.5 Å². The van der Waals surface area contributed by atoms with Crippen LogP contribution in [-0.4, -0.2) is 22.6 Å². The number of anilines is 1. The van der Waals surface area contributed by atoms with Gasteiger partial charge in [0.1, 0.15) is 5.82 Å². The second-order valence-corrected chi connectivity index (χ2v) is 7.79. The van der Waals surface area contributed by atoms with Crippen molar-refractivity contribution >= 4 is 39.2 Å². The third-order valence-corrected chi connectivity index (χ3v) is 5.52. The summed E-state index contributed by atoms with van der Waals surface area (Å²) >= 11 is 7.16. The Morgan fingerprint density at radius 3 is 3.00 bits per heavy atom. The van der Waals surface area contributed by atoms with Gasteiger partial charge in [-0.25, -0.2) is 14.2 Å². The Kier molecular flexibility index (Phi) is 5.17. The highest BCUT2D eigenvalue weighted by Crippen LogP contribution is 2.30. The topological polar surface area (TPSA) is 96.9 Å². The van der Waals surface area contributed by atoms with Crippen LogP contribution in [0.25, 0.3) is 21.5 Å². The normalized spacial score (nSPS) is 12.4. The number of aromatic amines is 1. The highest BCUT2D eigenvalue weighted by molar-refractivity contribution is 7.18. The first kappa shape index (κ1) is 18.7. The molecule has 0 unspecified atom stereocenters. The minimum atomic E-state index is -0.478. The van der Waals surface area contributed by atoms with E-state index in [4.69, 9.17) is 21.8 Å². The van der Waals surface area contributed by atoms with Crippen molar-refractivity contribution in [3.63, 3.8) is 0 Å². The fourth-order valence-electron chi connectivity index (χ4n) is 2.85. The van der Waals surface area contributed by atoms with Gasteiger partial charge in [0, 0.05) is 18.8 Å². The van der Waals surface area contributed by atoms with Crippen LogP contribution in [0.3, 0.4) is 0 Å². The molecule has 0 bridgehead atoms. The molecule has 0 amide bonds. The minimum Gasteiger partial charge on any atom is -0.408 e. The number of aromatic nitrogens is 2. The molecule has 0 radical (unpaired) electrons. The first-order valence-electron chi connectivity index (χ1n) is 8.50. The summed E-state index contributed by atoms with van der Waals surface area (Å²) in [5, 5.41) is 4.03. The van der Waals surface area contributed by atoms with E-state index < -0.39 is 11.6 Å². The van der Waals surface area contributed by atoms with Crippen LogP contribution in [0.4, 0.5) is 9.52 Å². The van der Waals surface area contributed by atoms with Gasteiger partial charge >= 0.3 is 5.76 Å². The predicted octanol–water partition coefficient (Wildman–Crippen LogP) is 4.02. The van der Waals surface area contributed by atoms with Crippen LogP contribution in [0.15, 0.2) is 51.8 Å². The van der Waals surface area contributed by atoms with Crippen LogP contribution in [0.5, 0.6) is 0 Å². The largest absolute Gasteiger partial charge is 0.417 e. The molecule has 2 aromatic carbocycles. The van der Waals surface area contributed by atoms with Crippen molar-refractivity contribution in [2.75, 3.05) is 11.9 Å². The standard InChI is InChI=1S/C19H16ClFN4O2S/c20-13-3-1-10(6-14(13)21)5-12(22)8-23-18-24-9-17(28-18)11-2-4-15-16(7-11)27-19(26)25-15/h1-4,6-7,9,12H,5,8,22H2,(H,23,24)(H,25,26)/t12-/m1/s1. The first-order chi connectivity index (χ1) is 13.5. The average Bonchev–Trinajstić information content (AvgIpc) is 3.28. The Hall–Kier alpha value is -2.68. The Balaban J connectivity index is 1.39. The fraction of sp³-hybridized carbons (Fsp3) is 0.158. The second kappa shape index (κ2) is 7.75. The maximum atomic E-state index is 13.5. The monoisotopic (exact) mass is 418 g/mol. The number of nitrogens with one attached hydrogen (secondary N) is 2. The highest BCUT2D eigenvalue weighted by atomic mass is 35.5. The minimum absolute atomic E-state index is 0.0999. The molecule has 144 valence electrons. The Morgan fingerprint density at radius 1 is 1.32 bits per heavy atom. The van der Waals surface area contributed by atoms with Crippen molar-refractivity contribution in [2.45, 2.75) is 12.5 Å². The molecule has 0 aliphatic carbocycles. The summed E-state index contributed by atoms with van der Waals surface area (Å²) in [6, 6.07) is 9.98. The van der Waals surface area contributed by atoms with Gasteiger partial charge in [0.05, 0.1) is 15.4 Å². The molecule has 0 saturated carbocycles. The first-order valence-corrected chi connectivity index (χ1v) is 9.70. The van der Waals surface area contributed by atoms with Gasteiger partial charge in [-0.15, -0.1) is 0 Å². The summed E-state index contributed by atoms with van der Waals surface area (Å²) in [5.41, 5.74) is 8.99. The number of hydrogen-bond acceptors (Lipinski definition) is 6. The molecular weight excluding hydrogens is 403 g/mol. The summed E-state index contributed by atoms with van der Waals surface area (Å²) in [7, 11) is 0. The van der Waals surface area contributed by atoms with Crippen LogP contribution < -0.4 is 16.8 Å². The van der Waals surface area contributed by atoms with Gasteiger partial charge < -0.3 is 15.5 Å².